The van der Waals surface area contributed by atoms with Gasteiger partial charge in [0, 0.05) is 6.61 Å². The Morgan fingerprint density at radius 1 is 0.962 bits per heavy atom. The van der Waals surface area contributed by atoms with E-state index in [0.29, 0.717) is 12.0 Å². The van der Waals surface area contributed by atoms with Crippen LogP contribution in [-0.4, -0.2) is 11.7 Å². The number of hydrogen-bond acceptors (Lipinski definition) is 1. The Morgan fingerprint density at radius 2 is 1.62 bits per heavy atom. The lowest BCUT2D eigenvalue weighted by molar-refractivity contribution is 0.153. The molecule has 0 saturated heterocycles. The standard InChI is InChI=1S/C24H35FO/c1-2-18-5-10-21(11-6-18)22-12-7-19(8-13-22)3-4-20-9-14-23(15-16-26)24(25)17-20/h2,9,14,17-19,21-22,26H,1,3-8,10-13,15-16H2. The van der Waals surface area contributed by atoms with Crippen molar-refractivity contribution < 1.29 is 9.50 Å². The van der Waals surface area contributed by atoms with E-state index >= 15 is 0 Å². The average molecular weight is 359 g/mol. The first-order chi connectivity index (χ1) is 12.7. The largest absolute Gasteiger partial charge is 0.396 e. The SMILES string of the molecule is C=CC1CCC(C2CCC(CCc3ccc(CCO)c(F)c3)CC2)CC1. The number of aliphatic hydroxyl groups excluding tert-OH is 1. The molecule has 26 heavy (non-hydrogen) atoms. The Morgan fingerprint density at radius 3 is 2.19 bits per heavy atom. The van der Waals surface area contributed by atoms with Crippen molar-refractivity contribution in [2.75, 3.05) is 6.61 Å². The van der Waals surface area contributed by atoms with Gasteiger partial charge in [0.25, 0.3) is 0 Å². The van der Waals surface area contributed by atoms with Crippen LogP contribution in [0.25, 0.3) is 0 Å². The van der Waals surface area contributed by atoms with Crippen LogP contribution in [0.1, 0.15) is 68.9 Å². The van der Waals surface area contributed by atoms with E-state index in [4.69, 9.17) is 5.11 Å². The van der Waals surface area contributed by atoms with E-state index in [1.807, 2.05) is 12.1 Å². The molecule has 2 fully saturated rings. The van der Waals surface area contributed by atoms with Gasteiger partial charge in [0.1, 0.15) is 5.82 Å². The van der Waals surface area contributed by atoms with Crippen molar-refractivity contribution >= 4 is 0 Å². The zero-order valence-corrected chi connectivity index (χ0v) is 16.1. The zero-order valence-electron chi connectivity index (χ0n) is 16.1. The Hall–Kier alpha value is -1.15. The first-order valence-corrected chi connectivity index (χ1v) is 10.7. The van der Waals surface area contributed by atoms with E-state index in [1.165, 1.54) is 57.8 Å². The fraction of sp³-hybridized carbons (Fsp3) is 0.667. The Labute approximate surface area is 158 Å². The lowest BCUT2D eigenvalue weighted by Gasteiger charge is -2.37. The van der Waals surface area contributed by atoms with Gasteiger partial charge in [-0.15, -0.1) is 6.58 Å². The van der Waals surface area contributed by atoms with E-state index in [9.17, 15) is 4.39 Å². The van der Waals surface area contributed by atoms with Crippen molar-refractivity contribution in [3.05, 3.63) is 47.8 Å². The average Bonchev–Trinajstić information content (AvgIpc) is 2.69. The lowest BCUT2D eigenvalue weighted by Crippen LogP contribution is -2.25. The molecule has 2 heteroatoms. The van der Waals surface area contributed by atoms with Crippen LogP contribution < -0.4 is 0 Å². The van der Waals surface area contributed by atoms with Crippen LogP contribution in [0.4, 0.5) is 4.39 Å². The highest BCUT2D eigenvalue weighted by Gasteiger charge is 2.30. The molecule has 2 aliphatic carbocycles. The maximum Gasteiger partial charge on any atom is 0.126 e. The number of benzene rings is 1. The summed E-state index contributed by atoms with van der Waals surface area (Å²) in [5.41, 5.74) is 1.73. The van der Waals surface area contributed by atoms with Crippen molar-refractivity contribution in [1.82, 2.24) is 0 Å². The second-order valence-electron chi connectivity index (χ2n) is 8.63. The Bertz CT molecular complexity index is 566. The Kier molecular flexibility index (Phi) is 7.31. The van der Waals surface area contributed by atoms with Crippen molar-refractivity contribution in [1.29, 1.82) is 0 Å². The number of allylic oxidation sites excluding steroid dienone is 1. The van der Waals surface area contributed by atoms with Crippen LogP contribution in [0, 0.1) is 29.5 Å². The van der Waals surface area contributed by atoms with Crippen LogP contribution >= 0.6 is 0 Å². The van der Waals surface area contributed by atoms with Crippen LogP contribution in [0.3, 0.4) is 0 Å². The number of aliphatic hydroxyl groups is 1. The lowest BCUT2D eigenvalue weighted by atomic mass is 9.68. The van der Waals surface area contributed by atoms with Crippen LogP contribution in [-0.2, 0) is 12.8 Å². The van der Waals surface area contributed by atoms with Crippen LogP contribution in [0.2, 0.25) is 0 Å². The molecular weight excluding hydrogens is 323 g/mol. The molecule has 0 unspecified atom stereocenters. The van der Waals surface area contributed by atoms with Gasteiger partial charge in [-0.05, 0) is 98.7 Å². The highest BCUT2D eigenvalue weighted by Crippen LogP contribution is 2.42. The van der Waals surface area contributed by atoms with Gasteiger partial charge in [0.15, 0.2) is 0 Å². The normalized spacial score (nSPS) is 29.5. The minimum absolute atomic E-state index is 0.00868. The summed E-state index contributed by atoms with van der Waals surface area (Å²) in [5, 5.41) is 8.96. The van der Waals surface area contributed by atoms with Gasteiger partial charge >= 0.3 is 0 Å². The second kappa shape index (κ2) is 9.69. The monoisotopic (exact) mass is 358 g/mol. The molecule has 0 heterocycles. The van der Waals surface area contributed by atoms with Crippen LogP contribution in [0.5, 0.6) is 0 Å². The molecule has 2 saturated carbocycles. The fourth-order valence-electron chi connectivity index (χ4n) is 5.24. The van der Waals surface area contributed by atoms with Crippen molar-refractivity contribution in [2.24, 2.45) is 23.7 Å². The molecule has 0 amide bonds. The molecule has 144 valence electrons. The molecule has 0 aliphatic heterocycles. The summed E-state index contributed by atoms with van der Waals surface area (Å²) in [7, 11) is 0. The minimum atomic E-state index is -0.157. The number of rotatable bonds is 7. The van der Waals surface area contributed by atoms with Crippen molar-refractivity contribution in [3.63, 3.8) is 0 Å². The maximum absolute atomic E-state index is 14.0. The predicted octanol–water partition coefficient (Wildman–Crippen LogP) is 6.09. The molecule has 0 spiro atoms. The molecule has 2 aliphatic rings. The third-order valence-corrected chi connectivity index (χ3v) is 7.05. The van der Waals surface area contributed by atoms with E-state index in [1.54, 1.807) is 6.07 Å². The summed E-state index contributed by atoms with van der Waals surface area (Å²) in [6.07, 6.45) is 15.8. The molecule has 0 aromatic heterocycles. The first-order valence-electron chi connectivity index (χ1n) is 10.7. The molecule has 0 radical (unpaired) electrons. The van der Waals surface area contributed by atoms with Gasteiger partial charge in [0.2, 0.25) is 0 Å². The molecule has 1 aromatic carbocycles. The summed E-state index contributed by atoms with van der Waals surface area (Å²) in [6, 6.07) is 5.56. The third kappa shape index (κ3) is 5.19. The molecule has 0 bridgehead atoms. The molecule has 3 rings (SSSR count). The van der Waals surface area contributed by atoms with E-state index in [2.05, 4.69) is 12.7 Å². The predicted molar refractivity (Wildman–Crippen MR) is 107 cm³/mol. The summed E-state index contributed by atoms with van der Waals surface area (Å²) in [5.74, 6) is 3.34. The summed E-state index contributed by atoms with van der Waals surface area (Å²) in [6.45, 7) is 3.97. The minimum Gasteiger partial charge on any atom is -0.396 e. The number of hydrogen-bond donors (Lipinski definition) is 1. The van der Waals surface area contributed by atoms with Crippen LogP contribution in [0.15, 0.2) is 30.9 Å². The van der Waals surface area contributed by atoms with E-state index in [-0.39, 0.29) is 12.4 Å². The number of halogens is 1. The smallest absolute Gasteiger partial charge is 0.126 e. The molecule has 1 nitrogen and oxygen atoms in total. The third-order valence-electron chi connectivity index (χ3n) is 7.05. The molecular formula is C24H35FO. The summed E-state index contributed by atoms with van der Waals surface area (Å²) >= 11 is 0. The Balaban J connectivity index is 1.40. The fourth-order valence-corrected chi connectivity index (χ4v) is 5.24. The van der Waals surface area contributed by atoms with Gasteiger partial charge in [-0.3, -0.25) is 0 Å². The molecule has 1 N–H and O–H groups in total. The first kappa shape index (κ1) is 19.6. The highest BCUT2D eigenvalue weighted by atomic mass is 19.1. The van der Waals surface area contributed by atoms with Gasteiger partial charge in [-0.1, -0.05) is 31.1 Å². The molecule has 0 atom stereocenters. The van der Waals surface area contributed by atoms with Gasteiger partial charge in [0.05, 0.1) is 0 Å². The second-order valence-corrected chi connectivity index (χ2v) is 8.63. The van der Waals surface area contributed by atoms with E-state index < -0.39 is 0 Å². The van der Waals surface area contributed by atoms with Gasteiger partial charge in [-0.2, -0.15) is 0 Å². The van der Waals surface area contributed by atoms with E-state index in [0.717, 1.165) is 35.7 Å². The summed E-state index contributed by atoms with van der Waals surface area (Å²) < 4.78 is 14.0. The van der Waals surface area contributed by atoms with Gasteiger partial charge < -0.3 is 5.11 Å². The molecule has 1 aromatic rings. The highest BCUT2D eigenvalue weighted by molar-refractivity contribution is 5.24. The summed E-state index contributed by atoms with van der Waals surface area (Å²) in [4.78, 5) is 0. The zero-order chi connectivity index (χ0) is 18.4. The van der Waals surface area contributed by atoms with Gasteiger partial charge in [-0.25, -0.2) is 4.39 Å². The van der Waals surface area contributed by atoms with Crippen molar-refractivity contribution in [2.45, 2.75) is 70.6 Å². The quantitative estimate of drug-likeness (QED) is 0.585. The topological polar surface area (TPSA) is 20.2 Å². The van der Waals surface area contributed by atoms with Crippen molar-refractivity contribution in [3.8, 4) is 0 Å². The maximum atomic E-state index is 14.0. The number of aryl methyl sites for hydroxylation is 1.